The number of nitrogens with one attached hydrogen (secondary N) is 1. The van der Waals surface area contributed by atoms with E-state index < -0.39 is 33.1 Å². The Kier molecular flexibility index (Phi) is 6.86. The molecule has 0 saturated heterocycles. The molecule has 0 atom stereocenters. The van der Waals surface area contributed by atoms with Gasteiger partial charge in [-0.3, -0.25) is 9.35 Å². The van der Waals surface area contributed by atoms with Crippen LogP contribution in [0.5, 0.6) is 0 Å². The van der Waals surface area contributed by atoms with E-state index in [0.717, 1.165) is 12.1 Å². The van der Waals surface area contributed by atoms with Gasteiger partial charge in [-0.05, 0) is 40.5 Å². The molecule has 0 saturated carbocycles. The fraction of sp³-hybridized carbons (Fsp3) is 0.176. The summed E-state index contributed by atoms with van der Waals surface area (Å²) in [5.41, 5.74) is 5.02. The molecule has 0 amide bonds. The summed E-state index contributed by atoms with van der Waals surface area (Å²) in [6.07, 6.45) is 3.39. The van der Waals surface area contributed by atoms with E-state index in [1.165, 1.54) is 6.20 Å². The number of carbonyl (C=O) groups is 1. The topological polar surface area (TPSA) is 126 Å². The molecule has 1 aromatic carbocycles. The van der Waals surface area contributed by atoms with Gasteiger partial charge in [-0.1, -0.05) is 6.92 Å². The Bertz CT molecular complexity index is 1130. The lowest BCUT2D eigenvalue weighted by Crippen LogP contribution is -2.09. The van der Waals surface area contributed by atoms with E-state index in [4.69, 9.17) is 10.3 Å². The minimum absolute atomic E-state index is 0.127. The van der Waals surface area contributed by atoms with Crippen molar-refractivity contribution in [3.8, 4) is 0 Å². The summed E-state index contributed by atoms with van der Waals surface area (Å²) >= 11 is 3.24. The lowest BCUT2D eigenvalue weighted by atomic mass is 10.0. The fourth-order valence-corrected chi connectivity index (χ4v) is 3.18. The van der Waals surface area contributed by atoms with Gasteiger partial charge in [0.2, 0.25) is 5.78 Å². The van der Waals surface area contributed by atoms with Gasteiger partial charge in [-0.15, -0.1) is 0 Å². The molecule has 0 unspecified atom stereocenters. The zero-order valence-electron chi connectivity index (χ0n) is 14.5. The Morgan fingerprint density at radius 1 is 1.36 bits per heavy atom. The monoisotopic (exact) mass is 475 g/mol. The molecule has 4 N–H and O–H groups in total. The first-order chi connectivity index (χ1) is 13.0. The Morgan fingerprint density at radius 3 is 2.61 bits per heavy atom. The highest BCUT2D eigenvalue weighted by Crippen LogP contribution is 2.26. The van der Waals surface area contributed by atoms with Gasteiger partial charge in [-0.25, -0.2) is 13.8 Å². The molecule has 11 heteroatoms. The second kappa shape index (κ2) is 8.76. The van der Waals surface area contributed by atoms with Crippen LogP contribution in [0.25, 0.3) is 11.0 Å². The number of benzene rings is 1. The average molecular weight is 476 g/mol. The number of hydrogen-bond acceptors (Lipinski definition) is 5. The van der Waals surface area contributed by atoms with Crippen LogP contribution in [0.2, 0.25) is 0 Å². The number of rotatable bonds is 4. The minimum atomic E-state index is -3.67. The first kappa shape index (κ1) is 21.9. The Labute approximate surface area is 167 Å². The summed E-state index contributed by atoms with van der Waals surface area (Å²) in [5, 5.41) is 0.468. The Morgan fingerprint density at radius 2 is 2.04 bits per heavy atom. The predicted molar refractivity (Wildman–Crippen MR) is 105 cm³/mol. The van der Waals surface area contributed by atoms with Gasteiger partial charge in [0.1, 0.15) is 11.5 Å². The van der Waals surface area contributed by atoms with Crippen molar-refractivity contribution in [3.63, 3.8) is 0 Å². The normalized spacial score (nSPS) is 11.2. The van der Waals surface area contributed by atoms with E-state index in [2.05, 4.69) is 25.9 Å². The van der Waals surface area contributed by atoms with Gasteiger partial charge < -0.3 is 10.7 Å². The number of nitrogens with two attached hydrogens (primary N) is 1. The van der Waals surface area contributed by atoms with E-state index in [1.54, 1.807) is 19.2 Å². The van der Waals surface area contributed by atoms with Crippen molar-refractivity contribution < 1.29 is 26.5 Å². The van der Waals surface area contributed by atoms with Gasteiger partial charge in [0, 0.05) is 27.8 Å². The molecule has 0 radical (unpaired) electrons. The summed E-state index contributed by atoms with van der Waals surface area (Å²) in [5.74, 6) is -2.93. The number of anilines is 1. The third kappa shape index (κ3) is 5.12. The quantitative estimate of drug-likeness (QED) is 0.300. The first-order valence-corrected chi connectivity index (χ1v) is 10.3. The highest BCUT2D eigenvalue weighted by atomic mass is 79.9. The van der Waals surface area contributed by atoms with Gasteiger partial charge in [0.25, 0.3) is 10.1 Å². The molecule has 3 rings (SSSR count). The van der Waals surface area contributed by atoms with Crippen LogP contribution in [-0.2, 0) is 10.1 Å². The van der Waals surface area contributed by atoms with Gasteiger partial charge in [-0.2, -0.15) is 8.42 Å². The van der Waals surface area contributed by atoms with Crippen molar-refractivity contribution in [1.29, 1.82) is 0 Å². The molecule has 0 fully saturated rings. The Hall–Kier alpha value is -2.37. The highest BCUT2D eigenvalue weighted by Gasteiger charge is 2.23. The smallest absolute Gasteiger partial charge is 0.264 e. The minimum Gasteiger partial charge on any atom is -0.396 e. The van der Waals surface area contributed by atoms with Crippen LogP contribution in [0.1, 0.15) is 29.3 Å². The van der Waals surface area contributed by atoms with Crippen LogP contribution in [0, 0.1) is 11.6 Å². The zero-order chi connectivity index (χ0) is 21.1. The third-order valence-electron chi connectivity index (χ3n) is 3.55. The molecule has 2 heterocycles. The number of fused-ring (bicyclic) bond motifs is 1. The molecule has 2 aromatic heterocycles. The van der Waals surface area contributed by atoms with E-state index in [-0.39, 0.29) is 17.0 Å². The van der Waals surface area contributed by atoms with Crippen molar-refractivity contribution in [1.82, 2.24) is 9.97 Å². The van der Waals surface area contributed by atoms with Crippen LogP contribution < -0.4 is 5.73 Å². The average Bonchev–Trinajstić information content (AvgIpc) is 3.01. The first-order valence-electron chi connectivity index (χ1n) is 7.91. The highest BCUT2D eigenvalue weighted by molar-refractivity contribution is 9.10. The zero-order valence-corrected chi connectivity index (χ0v) is 16.9. The number of H-pyrrole nitrogens is 1. The van der Waals surface area contributed by atoms with Crippen LogP contribution in [-0.4, -0.2) is 34.5 Å². The number of halogens is 3. The van der Waals surface area contributed by atoms with E-state index >= 15 is 0 Å². The van der Waals surface area contributed by atoms with Gasteiger partial charge in [0.05, 0.1) is 17.0 Å². The fourth-order valence-electron chi connectivity index (χ4n) is 2.34. The van der Waals surface area contributed by atoms with E-state index in [0.29, 0.717) is 21.9 Å². The van der Waals surface area contributed by atoms with Gasteiger partial charge >= 0.3 is 0 Å². The summed E-state index contributed by atoms with van der Waals surface area (Å²) in [6.45, 7) is 1.69. The van der Waals surface area contributed by atoms with Crippen LogP contribution in [0.4, 0.5) is 14.5 Å². The molecular formula is C17H16BrF2N3O4S. The number of carbonyl (C=O) groups excluding carboxylic acids is 1. The second-order valence-electron chi connectivity index (χ2n) is 5.69. The molecule has 0 aliphatic carbocycles. The number of pyridine rings is 1. The lowest BCUT2D eigenvalue weighted by molar-refractivity contribution is 0.103. The maximum atomic E-state index is 14.0. The van der Waals surface area contributed by atoms with Gasteiger partial charge in [0.15, 0.2) is 5.82 Å². The number of nitrogens with zero attached hydrogens (tertiary/aromatic N) is 1. The predicted octanol–water partition coefficient (Wildman–Crippen LogP) is 3.70. The molecule has 0 bridgehead atoms. The molecule has 28 heavy (non-hydrogen) atoms. The molecule has 3 aromatic rings. The van der Waals surface area contributed by atoms with Crippen molar-refractivity contribution in [2.24, 2.45) is 0 Å². The Balaban J connectivity index is 0.000000345. The summed E-state index contributed by atoms with van der Waals surface area (Å²) in [7, 11) is -3.67. The lowest BCUT2D eigenvalue weighted by Gasteiger charge is -2.05. The van der Waals surface area contributed by atoms with Crippen molar-refractivity contribution in [2.75, 3.05) is 11.5 Å². The number of ketones is 1. The molecule has 150 valence electrons. The molecule has 0 spiro atoms. The molecule has 0 aliphatic rings. The summed E-state index contributed by atoms with van der Waals surface area (Å²) < 4.78 is 56.0. The molecular weight excluding hydrogens is 460 g/mol. The largest absolute Gasteiger partial charge is 0.396 e. The number of aromatic nitrogens is 2. The van der Waals surface area contributed by atoms with Crippen molar-refractivity contribution in [3.05, 3.63) is 57.8 Å². The SMILES string of the molecule is CCCS(=O)(=O)O.Nc1ccc(F)c(C(=O)c2c[nH]c3ncc(Br)cc23)c1F. The van der Waals surface area contributed by atoms with Crippen LogP contribution in [0.15, 0.2) is 35.1 Å². The molecule has 0 aliphatic heterocycles. The van der Waals surface area contributed by atoms with Crippen molar-refractivity contribution >= 4 is 48.6 Å². The van der Waals surface area contributed by atoms with E-state index in [1.807, 2.05) is 0 Å². The third-order valence-corrected chi connectivity index (χ3v) is 4.91. The summed E-state index contributed by atoms with van der Waals surface area (Å²) in [4.78, 5) is 19.3. The maximum absolute atomic E-state index is 14.0. The maximum Gasteiger partial charge on any atom is 0.264 e. The standard InChI is InChI=1S/C14H8BrF2N3O.C3H8O3S/c15-6-3-7-8(5-20-14(7)19-4-6)13(21)11-9(16)1-2-10(18)12(11)17;1-2-3-7(4,5)6/h1-5H,18H2,(H,19,20);2-3H2,1H3,(H,4,5,6). The van der Waals surface area contributed by atoms with Crippen LogP contribution >= 0.6 is 15.9 Å². The number of nitrogen functional groups attached to an aromatic ring is 1. The second-order valence-corrected chi connectivity index (χ2v) is 8.18. The number of hydrogen-bond donors (Lipinski definition) is 3. The summed E-state index contributed by atoms with van der Waals surface area (Å²) in [6, 6.07) is 3.69. The van der Waals surface area contributed by atoms with Crippen molar-refractivity contribution in [2.45, 2.75) is 13.3 Å². The van der Waals surface area contributed by atoms with Crippen LogP contribution in [0.3, 0.4) is 0 Å². The van der Waals surface area contributed by atoms with E-state index in [9.17, 15) is 22.0 Å². The number of aromatic amines is 1. The molecule has 7 nitrogen and oxygen atoms in total.